The molecule has 6 heteroatoms. The largest absolute Gasteiger partial charge is 0.497 e. The highest BCUT2D eigenvalue weighted by molar-refractivity contribution is 5.80. The monoisotopic (exact) mass is 392 g/mol. The molecule has 0 spiro atoms. The summed E-state index contributed by atoms with van der Waals surface area (Å²) in [5.41, 5.74) is 3.99. The molecule has 1 aromatic carbocycles. The molecule has 0 N–H and O–H groups in total. The minimum atomic E-state index is 0.253. The van der Waals surface area contributed by atoms with Gasteiger partial charge in [0.05, 0.1) is 13.7 Å². The number of aromatic nitrogens is 3. The van der Waals surface area contributed by atoms with E-state index in [4.69, 9.17) is 9.72 Å². The van der Waals surface area contributed by atoms with Gasteiger partial charge in [0.1, 0.15) is 17.1 Å². The average molecular weight is 393 g/mol. The van der Waals surface area contributed by atoms with Crippen molar-refractivity contribution in [2.75, 3.05) is 13.7 Å². The molecule has 152 valence electrons. The molecule has 29 heavy (non-hydrogen) atoms. The highest BCUT2D eigenvalue weighted by atomic mass is 16.5. The number of rotatable bonds is 7. The van der Waals surface area contributed by atoms with Crippen LogP contribution in [0, 0.1) is 12.8 Å². The number of likely N-dealkylation sites (tertiary alicyclic amines) is 1. The number of hydrogen-bond acceptors (Lipinski definition) is 4. The molecule has 1 aliphatic heterocycles. The van der Waals surface area contributed by atoms with Crippen LogP contribution in [0.2, 0.25) is 0 Å². The molecule has 3 aromatic rings. The Bertz CT molecular complexity index is 1010. The number of benzene rings is 1. The fraction of sp³-hybridized carbons (Fsp3) is 0.435. The van der Waals surface area contributed by atoms with E-state index in [-0.39, 0.29) is 5.91 Å². The van der Waals surface area contributed by atoms with Crippen LogP contribution in [0.25, 0.3) is 11.2 Å². The molecule has 3 heterocycles. The van der Waals surface area contributed by atoms with Gasteiger partial charge in [0.15, 0.2) is 5.65 Å². The first kappa shape index (κ1) is 19.4. The molecule has 1 saturated heterocycles. The van der Waals surface area contributed by atoms with Gasteiger partial charge in [-0.1, -0.05) is 25.5 Å². The van der Waals surface area contributed by atoms with Gasteiger partial charge < -0.3 is 14.2 Å². The van der Waals surface area contributed by atoms with Crippen LogP contribution in [-0.4, -0.2) is 39.0 Å². The van der Waals surface area contributed by atoms with Gasteiger partial charge in [-0.2, -0.15) is 0 Å². The van der Waals surface area contributed by atoms with Gasteiger partial charge in [-0.05, 0) is 43.0 Å². The number of methoxy groups -OCH3 is 1. The SMILES string of the molecule is CCCC1CC(=O)N(Cc2ccnc3c2nc(C)n3Cc2ccc(OC)cc2)C1. The van der Waals surface area contributed by atoms with E-state index >= 15 is 0 Å². The summed E-state index contributed by atoms with van der Waals surface area (Å²) in [6.45, 7) is 6.34. The maximum absolute atomic E-state index is 12.4. The zero-order valence-electron chi connectivity index (χ0n) is 17.4. The smallest absolute Gasteiger partial charge is 0.223 e. The molecule has 0 aliphatic carbocycles. The molecule has 0 bridgehead atoms. The van der Waals surface area contributed by atoms with Crippen LogP contribution in [-0.2, 0) is 17.9 Å². The predicted molar refractivity (Wildman–Crippen MR) is 113 cm³/mol. The number of carbonyl (C=O) groups excluding carboxylic acids is 1. The van der Waals surface area contributed by atoms with Gasteiger partial charge >= 0.3 is 0 Å². The van der Waals surface area contributed by atoms with Gasteiger partial charge in [0.2, 0.25) is 5.91 Å². The molecule has 1 amide bonds. The summed E-state index contributed by atoms with van der Waals surface area (Å²) in [6, 6.07) is 10.0. The van der Waals surface area contributed by atoms with Crippen molar-refractivity contribution in [1.29, 1.82) is 0 Å². The summed E-state index contributed by atoms with van der Waals surface area (Å²) in [5, 5.41) is 0. The minimum absolute atomic E-state index is 0.253. The lowest BCUT2D eigenvalue weighted by molar-refractivity contribution is -0.128. The topological polar surface area (TPSA) is 60.2 Å². The third-order valence-corrected chi connectivity index (χ3v) is 5.76. The van der Waals surface area contributed by atoms with Crippen molar-refractivity contribution >= 4 is 17.1 Å². The van der Waals surface area contributed by atoms with E-state index in [0.29, 0.717) is 25.4 Å². The number of pyridine rings is 1. The summed E-state index contributed by atoms with van der Waals surface area (Å²) in [6.07, 6.45) is 4.74. The number of imidazole rings is 1. The van der Waals surface area contributed by atoms with Gasteiger partial charge in [0, 0.05) is 31.3 Å². The van der Waals surface area contributed by atoms with Crippen LogP contribution in [0.3, 0.4) is 0 Å². The van der Waals surface area contributed by atoms with E-state index in [1.165, 1.54) is 0 Å². The van der Waals surface area contributed by atoms with Crippen molar-refractivity contribution in [3.63, 3.8) is 0 Å². The number of amides is 1. The normalized spacial score (nSPS) is 16.7. The molecule has 6 nitrogen and oxygen atoms in total. The minimum Gasteiger partial charge on any atom is -0.497 e. The fourth-order valence-electron chi connectivity index (χ4n) is 4.22. The Morgan fingerprint density at radius 2 is 1.97 bits per heavy atom. The standard InChI is InChI=1S/C23H28N4O2/c1-4-5-18-12-21(28)26(13-18)15-19-10-11-24-23-22(19)25-16(2)27(23)14-17-6-8-20(29-3)9-7-17/h6-11,18H,4-5,12-15H2,1-3H3. The van der Waals surface area contributed by atoms with Crippen molar-refractivity contribution in [2.24, 2.45) is 5.92 Å². The lowest BCUT2D eigenvalue weighted by Crippen LogP contribution is -2.24. The van der Waals surface area contributed by atoms with Gasteiger partial charge in [0.25, 0.3) is 0 Å². The van der Waals surface area contributed by atoms with E-state index in [0.717, 1.165) is 53.3 Å². The summed E-state index contributed by atoms with van der Waals surface area (Å²) in [7, 11) is 1.67. The Kier molecular flexibility index (Phi) is 5.51. The highest BCUT2D eigenvalue weighted by Crippen LogP contribution is 2.26. The molecule has 0 radical (unpaired) electrons. The second-order valence-electron chi connectivity index (χ2n) is 7.87. The lowest BCUT2D eigenvalue weighted by atomic mass is 10.0. The van der Waals surface area contributed by atoms with Crippen LogP contribution in [0.5, 0.6) is 5.75 Å². The number of aryl methyl sites for hydroxylation is 1. The molecular formula is C23H28N4O2. The number of nitrogens with zero attached hydrogens (tertiary/aromatic N) is 4. The van der Waals surface area contributed by atoms with Crippen molar-refractivity contribution < 1.29 is 9.53 Å². The van der Waals surface area contributed by atoms with E-state index < -0.39 is 0 Å². The summed E-state index contributed by atoms with van der Waals surface area (Å²) in [4.78, 5) is 23.8. The Morgan fingerprint density at radius 3 is 2.69 bits per heavy atom. The fourth-order valence-corrected chi connectivity index (χ4v) is 4.22. The Labute approximate surface area is 171 Å². The van der Waals surface area contributed by atoms with Crippen molar-refractivity contribution in [3.8, 4) is 5.75 Å². The number of hydrogen-bond donors (Lipinski definition) is 0. The summed E-state index contributed by atoms with van der Waals surface area (Å²) >= 11 is 0. The van der Waals surface area contributed by atoms with Gasteiger partial charge in [-0.25, -0.2) is 9.97 Å². The quantitative estimate of drug-likeness (QED) is 0.611. The summed E-state index contributed by atoms with van der Waals surface area (Å²) < 4.78 is 7.38. The molecule has 1 unspecified atom stereocenters. The van der Waals surface area contributed by atoms with Crippen molar-refractivity contribution in [3.05, 3.63) is 53.5 Å². The second kappa shape index (κ2) is 8.23. The molecule has 1 aliphatic rings. The van der Waals surface area contributed by atoms with Crippen LogP contribution in [0.4, 0.5) is 0 Å². The maximum atomic E-state index is 12.4. The van der Waals surface area contributed by atoms with Crippen LogP contribution < -0.4 is 4.74 Å². The summed E-state index contributed by atoms with van der Waals surface area (Å²) in [5.74, 6) is 2.51. The first-order valence-corrected chi connectivity index (χ1v) is 10.3. The van der Waals surface area contributed by atoms with Crippen molar-refractivity contribution in [1.82, 2.24) is 19.4 Å². The predicted octanol–water partition coefficient (Wildman–Crippen LogP) is 3.95. The van der Waals surface area contributed by atoms with E-state index in [1.54, 1.807) is 7.11 Å². The number of carbonyl (C=O) groups is 1. The molecular weight excluding hydrogens is 364 g/mol. The Balaban J connectivity index is 1.59. The van der Waals surface area contributed by atoms with E-state index in [2.05, 4.69) is 28.6 Å². The van der Waals surface area contributed by atoms with Crippen molar-refractivity contribution in [2.45, 2.75) is 46.2 Å². The molecule has 4 rings (SSSR count). The second-order valence-corrected chi connectivity index (χ2v) is 7.87. The first-order valence-electron chi connectivity index (χ1n) is 10.3. The van der Waals surface area contributed by atoms with Gasteiger partial charge in [-0.15, -0.1) is 0 Å². The molecule has 1 fully saturated rings. The molecule has 0 saturated carbocycles. The highest BCUT2D eigenvalue weighted by Gasteiger charge is 2.29. The number of fused-ring (bicyclic) bond motifs is 1. The third kappa shape index (κ3) is 3.97. The van der Waals surface area contributed by atoms with Crippen LogP contribution >= 0.6 is 0 Å². The molecule has 1 atom stereocenters. The number of ether oxygens (including phenoxy) is 1. The maximum Gasteiger partial charge on any atom is 0.223 e. The zero-order valence-corrected chi connectivity index (χ0v) is 17.4. The lowest BCUT2D eigenvalue weighted by Gasteiger charge is -2.17. The van der Waals surface area contributed by atoms with Gasteiger partial charge in [-0.3, -0.25) is 4.79 Å². The Hall–Kier alpha value is -2.89. The van der Waals surface area contributed by atoms with Crippen LogP contribution in [0.1, 0.15) is 43.1 Å². The van der Waals surface area contributed by atoms with Crippen LogP contribution in [0.15, 0.2) is 36.5 Å². The molecule has 2 aromatic heterocycles. The first-order chi connectivity index (χ1) is 14.1. The van der Waals surface area contributed by atoms with E-state index in [9.17, 15) is 4.79 Å². The Morgan fingerprint density at radius 1 is 1.17 bits per heavy atom. The average Bonchev–Trinajstić information content (AvgIpc) is 3.23. The third-order valence-electron chi connectivity index (χ3n) is 5.76. The van der Waals surface area contributed by atoms with E-state index in [1.807, 2.05) is 36.2 Å². The zero-order chi connectivity index (χ0) is 20.4.